The van der Waals surface area contributed by atoms with Gasteiger partial charge in [0.15, 0.2) is 0 Å². The summed E-state index contributed by atoms with van der Waals surface area (Å²) >= 11 is 0. The van der Waals surface area contributed by atoms with E-state index in [-0.39, 0.29) is 5.97 Å². The molecule has 0 fully saturated rings. The number of ether oxygens (including phenoxy) is 1. The number of hydrogen-bond acceptors (Lipinski definition) is 4. The third-order valence-corrected chi connectivity index (χ3v) is 2.70. The highest BCUT2D eigenvalue weighted by Gasteiger charge is 2.35. The maximum Gasteiger partial charge on any atom is 0.596 e. The molecule has 0 radical (unpaired) electrons. The molecule has 2 rings (SSSR count). The highest BCUT2D eigenvalue weighted by atomic mass is 16.6. The standard InChI is InChI=1S/C12H15BO4/c1-3-4-8-13-16-10-7-5-6-9(15-2)11(10)12(14)17-13/h5-7H,3-4,8H2,1-2H3. The van der Waals surface area contributed by atoms with Crippen molar-refractivity contribution >= 4 is 13.1 Å². The molecule has 0 aliphatic carbocycles. The molecule has 4 nitrogen and oxygen atoms in total. The Bertz CT molecular complexity index is 419. The number of fused-ring (bicyclic) bond motifs is 1. The van der Waals surface area contributed by atoms with E-state index in [1.165, 1.54) is 7.11 Å². The first-order valence-corrected chi connectivity index (χ1v) is 5.81. The Labute approximate surface area is 101 Å². The molecule has 90 valence electrons. The van der Waals surface area contributed by atoms with Crippen LogP contribution in [0.4, 0.5) is 0 Å². The van der Waals surface area contributed by atoms with Crippen LogP contribution in [0.1, 0.15) is 30.1 Å². The molecule has 0 amide bonds. The van der Waals surface area contributed by atoms with Gasteiger partial charge in [-0.2, -0.15) is 0 Å². The van der Waals surface area contributed by atoms with Crippen molar-refractivity contribution in [2.45, 2.75) is 26.1 Å². The second-order valence-electron chi connectivity index (χ2n) is 3.93. The van der Waals surface area contributed by atoms with Gasteiger partial charge in [-0.05, 0) is 12.1 Å². The normalized spacial score (nSPS) is 13.8. The maximum absolute atomic E-state index is 11.9. The van der Waals surface area contributed by atoms with Crippen molar-refractivity contribution in [3.63, 3.8) is 0 Å². The number of rotatable bonds is 4. The van der Waals surface area contributed by atoms with E-state index in [9.17, 15) is 4.79 Å². The first kappa shape index (κ1) is 11.8. The van der Waals surface area contributed by atoms with Crippen molar-refractivity contribution in [1.82, 2.24) is 0 Å². The van der Waals surface area contributed by atoms with E-state index in [1.54, 1.807) is 18.2 Å². The Morgan fingerprint density at radius 2 is 2.18 bits per heavy atom. The summed E-state index contributed by atoms with van der Waals surface area (Å²) in [6.07, 6.45) is 2.73. The summed E-state index contributed by atoms with van der Waals surface area (Å²) in [4.78, 5) is 11.9. The summed E-state index contributed by atoms with van der Waals surface area (Å²) in [5.74, 6) is 0.660. The molecule has 1 heterocycles. The van der Waals surface area contributed by atoms with Crippen molar-refractivity contribution in [2.24, 2.45) is 0 Å². The second kappa shape index (κ2) is 5.12. The average molecular weight is 234 g/mol. The van der Waals surface area contributed by atoms with Crippen molar-refractivity contribution in [1.29, 1.82) is 0 Å². The summed E-state index contributed by atoms with van der Waals surface area (Å²) < 4.78 is 16.0. The highest BCUT2D eigenvalue weighted by molar-refractivity contribution is 6.49. The van der Waals surface area contributed by atoms with Crippen LogP contribution in [0.2, 0.25) is 6.32 Å². The molecule has 0 unspecified atom stereocenters. The number of carbonyl (C=O) groups excluding carboxylic acids is 1. The van der Waals surface area contributed by atoms with E-state index in [4.69, 9.17) is 14.0 Å². The Hall–Kier alpha value is -1.65. The quantitative estimate of drug-likeness (QED) is 0.751. The lowest BCUT2D eigenvalue weighted by Gasteiger charge is -2.23. The smallest absolute Gasteiger partial charge is 0.525 e. The topological polar surface area (TPSA) is 44.8 Å². The lowest BCUT2D eigenvalue weighted by atomic mass is 9.80. The van der Waals surface area contributed by atoms with Crippen LogP contribution in [-0.2, 0) is 4.65 Å². The lowest BCUT2D eigenvalue weighted by molar-refractivity contribution is 0.0673. The van der Waals surface area contributed by atoms with Crippen LogP contribution in [-0.4, -0.2) is 20.2 Å². The SMILES string of the molecule is CCCCB1OC(=O)c2c(OC)cccc2O1. The molecular formula is C12H15BO4. The Balaban J connectivity index is 2.22. The van der Waals surface area contributed by atoms with Gasteiger partial charge in [-0.25, -0.2) is 4.79 Å². The molecule has 0 N–H and O–H groups in total. The van der Waals surface area contributed by atoms with Gasteiger partial charge in [0.05, 0.1) is 7.11 Å². The van der Waals surface area contributed by atoms with Gasteiger partial charge in [0, 0.05) is 6.32 Å². The first-order valence-electron chi connectivity index (χ1n) is 5.81. The Kier molecular flexibility index (Phi) is 3.56. The van der Waals surface area contributed by atoms with Crippen molar-refractivity contribution < 1.29 is 18.8 Å². The molecule has 0 bridgehead atoms. The fourth-order valence-corrected chi connectivity index (χ4v) is 1.81. The minimum atomic E-state index is -0.470. The molecule has 17 heavy (non-hydrogen) atoms. The van der Waals surface area contributed by atoms with Crippen LogP contribution in [0, 0.1) is 0 Å². The van der Waals surface area contributed by atoms with Crippen LogP contribution in [0.3, 0.4) is 0 Å². The van der Waals surface area contributed by atoms with Crippen LogP contribution in [0.15, 0.2) is 18.2 Å². The molecule has 0 saturated carbocycles. The molecule has 0 spiro atoms. The van der Waals surface area contributed by atoms with Gasteiger partial charge < -0.3 is 14.0 Å². The van der Waals surface area contributed by atoms with Gasteiger partial charge in [0.1, 0.15) is 17.1 Å². The minimum absolute atomic E-state index is 0.371. The predicted molar refractivity (Wildman–Crippen MR) is 64.5 cm³/mol. The van der Waals surface area contributed by atoms with Crippen LogP contribution in [0.5, 0.6) is 11.5 Å². The summed E-state index contributed by atoms with van der Waals surface area (Å²) in [6.45, 7) is 2.08. The van der Waals surface area contributed by atoms with Gasteiger partial charge in [-0.1, -0.05) is 25.8 Å². The van der Waals surface area contributed by atoms with Gasteiger partial charge in [0.25, 0.3) is 0 Å². The molecule has 1 aliphatic heterocycles. The van der Waals surface area contributed by atoms with Crippen LogP contribution >= 0.6 is 0 Å². The fraction of sp³-hybridized carbons (Fsp3) is 0.417. The van der Waals surface area contributed by atoms with E-state index < -0.39 is 7.12 Å². The van der Waals surface area contributed by atoms with Crippen LogP contribution < -0.4 is 9.39 Å². The summed E-state index contributed by atoms with van der Waals surface area (Å²) in [5, 5.41) is 0. The second-order valence-corrected chi connectivity index (χ2v) is 3.93. The molecule has 1 aromatic carbocycles. The number of methoxy groups -OCH3 is 1. The zero-order valence-electron chi connectivity index (χ0n) is 10.1. The molecule has 1 aromatic rings. The van der Waals surface area contributed by atoms with E-state index in [0.717, 1.165) is 19.2 Å². The number of carbonyl (C=O) groups is 1. The number of hydrogen-bond donors (Lipinski definition) is 0. The molecular weight excluding hydrogens is 219 g/mol. The maximum atomic E-state index is 11.9. The van der Waals surface area contributed by atoms with Gasteiger partial charge in [-0.15, -0.1) is 0 Å². The summed E-state index contributed by atoms with van der Waals surface area (Å²) in [5.41, 5.74) is 0.378. The molecule has 0 saturated heterocycles. The first-order chi connectivity index (χ1) is 8.26. The van der Waals surface area contributed by atoms with E-state index >= 15 is 0 Å². The summed E-state index contributed by atoms with van der Waals surface area (Å²) in [7, 11) is 1.05. The molecule has 5 heteroatoms. The third-order valence-electron chi connectivity index (χ3n) is 2.70. The largest absolute Gasteiger partial charge is 0.596 e. The zero-order chi connectivity index (χ0) is 12.3. The van der Waals surface area contributed by atoms with Crippen molar-refractivity contribution in [2.75, 3.05) is 7.11 Å². The van der Waals surface area contributed by atoms with Gasteiger partial charge in [0.2, 0.25) is 0 Å². The fourth-order valence-electron chi connectivity index (χ4n) is 1.81. The van der Waals surface area contributed by atoms with Crippen molar-refractivity contribution in [3.05, 3.63) is 23.8 Å². The molecule has 0 atom stereocenters. The molecule has 0 aromatic heterocycles. The predicted octanol–water partition coefficient (Wildman–Crippen LogP) is 2.53. The Morgan fingerprint density at radius 3 is 2.88 bits per heavy atom. The van der Waals surface area contributed by atoms with Gasteiger partial charge >= 0.3 is 13.1 Å². The average Bonchev–Trinajstić information content (AvgIpc) is 2.35. The Morgan fingerprint density at radius 1 is 1.35 bits per heavy atom. The molecule has 1 aliphatic rings. The number of unbranched alkanes of at least 4 members (excludes halogenated alkanes) is 1. The summed E-state index contributed by atoms with van der Waals surface area (Å²) in [6, 6.07) is 5.28. The minimum Gasteiger partial charge on any atom is -0.525 e. The highest BCUT2D eigenvalue weighted by Crippen LogP contribution is 2.33. The third kappa shape index (κ3) is 2.38. The van der Waals surface area contributed by atoms with Crippen molar-refractivity contribution in [3.8, 4) is 11.5 Å². The van der Waals surface area contributed by atoms with E-state index in [0.29, 0.717) is 17.1 Å². The monoisotopic (exact) mass is 234 g/mol. The van der Waals surface area contributed by atoms with E-state index in [2.05, 4.69) is 6.92 Å². The van der Waals surface area contributed by atoms with E-state index in [1.807, 2.05) is 0 Å². The lowest BCUT2D eigenvalue weighted by Crippen LogP contribution is -2.34. The zero-order valence-corrected chi connectivity index (χ0v) is 10.1. The van der Waals surface area contributed by atoms with Gasteiger partial charge in [-0.3, -0.25) is 0 Å². The van der Waals surface area contributed by atoms with Crippen LogP contribution in [0.25, 0.3) is 0 Å². The number of benzene rings is 1.